The molecule has 1 fully saturated rings. The van der Waals surface area contributed by atoms with Crippen LogP contribution in [0.1, 0.15) is 35.7 Å². The minimum atomic E-state index is -0.900. The van der Waals surface area contributed by atoms with Gasteiger partial charge in [0.25, 0.3) is 0 Å². The summed E-state index contributed by atoms with van der Waals surface area (Å²) >= 11 is 0. The van der Waals surface area contributed by atoms with Gasteiger partial charge in [-0.2, -0.15) is 0 Å². The fraction of sp³-hybridized carbons (Fsp3) is 0.562. The summed E-state index contributed by atoms with van der Waals surface area (Å²) in [5.41, 5.74) is 1.41. The summed E-state index contributed by atoms with van der Waals surface area (Å²) in [5.74, 6) is -0.658. The van der Waals surface area contributed by atoms with Gasteiger partial charge in [0.1, 0.15) is 0 Å². The van der Waals surface area contributed by atoms with E-state index in [0.29, 0.717) is 5.56 Å². The molecule has 1 aliphatic heterocycles. The summed E-state index contributed by atoms with van der Waals surface area (Å²) in [6.07, 6.45) is 2.53. The van der Waals surface area contributed by atoms with E-state index in [1.807, 2.05) is 12.1 Å². The third-order valence-electron chi connectivity index (χ3n) is 4.02. The molecule has 1 aromatic rings. The maximum absolute atomic E-state index is 10.8. The molecular weight excluding hydrogens is 254 g/mol. The Kier molecular flexibility index (Phi) is 5.15. The maximum atomic E-state index is 10.8. The molecule has 1 aliphatic rings. The van der Waals surface area contributed by atoms with Gasteiger partial charge < -0.3 is 15.1 Å². The second kappa shape index (κ2) is 6.86. The summed E-state index contributed by atoms with van der Waals surface area (Å²) in [6, 6.07) is 6.98. The molecule has 0 aromatic heterocycles. The average Bonchev–Trinajstić information content (AvgIpc) is 2.43. The van der Waals surface area contributed by atoms with Crippen molar-refractivity contribution < 1.29 is 15.0 Å². The van der Waals surface area contributed by atoms with Gasteiger partial charge in [0.15, 0.2) is 0 Å². The Morgan fingerprint density at radius 2 is 2.05 bits per heavy atom. The predicted molar refractivity (Wildman–Crippen MR) is 78.0 cm³/mol. The van der Waals surface area contributed by atoms with Crippen LogP contribution in [0.3, 0.4) is 0 Å². The monoisotopic (exact) mass is 277 g/mol. The molecule has 2 atom stereocenters. The molecular formula is C16H23NO3. The van der Waals surface area contributed by atoms with Gasteiger partial charge in [0.2, 0.25) is 0 Å². The first-order chi connectivity index (χ1) is 9.60. The van der Waals surface area contributed by atoms with E-state index in [0.717, 1.165) is 44.5 Å². The van der Waals surface area contributed by atoms with Crippen LogP contribution < -0.4 is 0 Å². The number of aliphatic hydroxyl groups excluding tert-OH is 1. The summed E-state index contributed by atoms with van der Waals surface area (Å²) in [7, 11) is 0. The number of benzene rings is 1. The maximum Gasteiger partial charge on any atom is 0.335 e. The highest BCUT2D eigenvalue weighted by atomic mass is 16.4. The standard InChI is InChI=1S/C16H23NO3/c1-2-8-17-9-7-15(18)14(11-17)10-12-3-5-13(6-4-12)16(19)20/h3-6,14-15,18H,2,7-11H2,1H3,(H,19,20). The molecule has 110 valence electrons. The second-order valence-electron chi connectivity index (χ2n) is 5.62. The Morgan fingerprint density at radius 3 is 2.65 bits per heavy atom. The van der Waals surface area contributed by atoms with Crippen molar-refractivity contribution in [1.82, 2.24) is 4.90 Å². The fourth-order valence-corrected chi connectivity index (χ4v) is 2.90. The zero-order valence-electron chi connectivity index (χ0n) is 12.0. The number of carboxylic acids is 1. The van der Waals surface area contributed by atoms with Crippen LogP contribution in [0.25, 0.3) is 0 Å². The van der Waals surface area contributed by atoms with E-state index in [-0.39, 0.29) is 12.0 Å². The summed E-state index contributed by atoms with van der Waals surface area (Å²) < 4.78 is 0. The van der Waals surface area contributed by atoms with Gasteiger partial charge in [-0.1, -0.05) is 19.1 Å². The van der Waals surface area contributed by atoms with Crippen LogP contribution >= 0.6 is 0 Å². The molecule has 0 aliphatic carbocycles. The normalized spacial score (nSPS) is 23.7. The Balaban J connectivity index is 1.98. The first-order valence-electron chi connectivity index (χ1n) is 7.32. The number of carbonyl (C=O) groups is 1. The number of carboxylic acid groups (broad SMARTS) is 1. The highest BCUT2D eigenvalue weighted by molar-refractivity contribution is 5.87. The van der Waals surface area contributed by atoms with Gasteiger partial charge in [0, 0.05) is 19.0 Å². The molecule has 4 nitrogen and oxygen atoms in total. The summed E-state index contributed by atoms with van der Waals surface area (Å²) in [4.78, 5) is 13.2. The Labute approximate surface area is 120 Å². The van der Waals surface area contributed by atoms with Crippen LogP contribution in [0.5, 0.6) is 0 Å². The molecule has 0 saturated carbocycles. The molecule has 2 N–H and O–H groups in total. The molecule has 1 heterocycles. The molecule has 0 bridgehead atoms. The van der Waals surface area contributed by atoms with E-state index >= 15 is 0 Å². The second-order valence-corrected chi connectivity index (χ2v) is 5.62. The Hall–Kier alpha value is -1.39. The van der Waals surface area contributed by atoms with E-state index < -0.39 is 5.97 Å². The van der Waals surface area contributed by atoms with Gasteiger partial charge in [-0.05, 0) is 43.5 Å². The minimum absolute atomic E-state index is 0.242. The molecule has 4 heteroatoms. The lowest BCUT2D eigenvalue weighted by atomic mass is 9.88. The van der Waals surface area contributed by atoms with Crippen molar-refractivity contribution in [3.63, 3.8) is 0 Å². The quantitative estimate of drug-likeness (QED) is 0.864. The summed E-state index contributed by atoms with van der Waals surface area (Å²) in [6.45, 7) is 5.16. The number of hydrogen-bond donors (Lipinski definition) is 2. The van der Waals surface area contributed by atoms with Crippen LogP contribution in [0.15, 0.2) is 24.3 Å². The molecule has 0 amide bonds. The molecule has 0 spiro atoms. The fourth-order valence-electron chi connectivity index (χ4n) is 2.90. The van der Waals surface area contributed by atoms with Gasteiger partial charge in [-0.25, -0.2) is 4.79 Å². The number of nitrogens with zero attached hydrogens (tertiary/aromatic N) is 1. The number of rotatable bonds is 5. The van der Waals surface area contributed by atoms with Crippen molar-refractivity contribution >= 4 is 5.97 Å². The van der Waals surface area contributed by atoms with Gasteiger partial charge >= 0.3 is 5.97 Å². The number of piperidine rings is 1. The van der Waals surface area contributed by atoms with Gasteiger partial charge in [-0.3, -0.25) is 0 Å². The summed E-state index contributed by atoms with van der Waals surface area (Å²) in [5, 5.41) is 19.0. The van der Waals surface area contributed by atoms with Crippen LogP contribution in [0.2, 0.25) is 0 Å². The van der Waals surface area contributed by atoms with E-state index in [1.165, 1.54) is 0 Å². The zero-order chi connectivity index (χ0) is 14.5. The first kappa shape index (κ1) is 15.0. The smallest absolute Gasteiger partial charge is 0.335 e. The SMILES string of the molecule is CCCN1CCC(O)C(Cc2ccc(C(=O)O)cc2)C1. The Bertz CT molecular complexity index is 444. The average molecular weight is 277 g/mol. The van der Waals surface area contributed by atoms with E-state index in [4.69, 9.17) is 5.11 Å². The number of aromatic carboxylic acids is 1. The number of hydrogen-bond acceptors (Lipinski definition) is 3. The molecule has 0 radical (unpaired) electrons. The van der Waals surface area contributed by atoms with Crippen LogP contribution in [-0.2, 0) is 6.42 Å². The first-order valence-corrected chi connectivity index (χ1v) is 7.32. The molecule has 20 heavy (non-hydrogen) atoms. The van der Waals surface area contributed by atoms with Crippen LogP contribution in [-0.4, -0.2) is 46.8 Å². The van der Waals surface area contributed by atoms with Crippen molar-refractivity contribution in [2.24, 2.45) is 5.92 Å². The third-order valence-corrected chi connectivity index (χ3v) is 4.02. The van der Waals surface area contributed by atoms with E-state index in [1.54, 1.807) is 12.1 Å². The van der Waals surface area contributed by atoms with Gasteiger partial charge in [0.05, 0.1) is 11.7 Å². The lowest BCUT2D eigenvalue weighted by Crippen LogP contribution is -2.44. The van der Waals surface area contributed by atoms with Crippen LogP contribution in [0, 0.1) is 5.92 Å². The minimum Gasteiger partial charge on any atom is -0.478 e. The van der Waals surface area contributed by atoms with E-state index in [2.05, 4.69) is 11.8 Å². The Morgan fingerprint density at radius 1 is 1.35 bits per heavy atom. The topological polar surface area (TPSA) is 60.8 Å². The largest absolute Gasteiger partial charge is 0.478 e. The third kappa shape index (κ3) is 3.81. The molecule has 1 aromatic carbocycles. The lowest BCUT2D eigenvalue weighted by Gasteiger charge is -2.36. The van der Waals surface area contributed by atoms with Gasteiger partial charge in [-0.15, -0.1) is 0 Å². The molecule has 2 unspecified atom stereocenters. The highest BCUT2D eigenvalue weighted by Crippen LogP contribution is 2.22. The number of aliphatic hydroxyl groups is 1. The highest BCUT2D eigenvalue weighted by Gasteiger charge is 2.27. The lowest BCUT2D eigenvalue weighted by molar-refractivity contribution is 0.0270. The zero-order valence-corrected chi connectivity index (χ0v) is 12.0. The van der Waals surface area contributed by atoms with E-state index in [9.17, 15) is 9.90 Å². The van der Waals surface area contributed by atoms with Crippen molar-refractivity contribution in [2.75, 3.05) is 19.6 Å². The van der Waals surface area contributed by atoms with Crippen molar-refractivity contribution in [3.05, 3.63) is 35.4 Å². The number of likely N-dealkylation sites (tertiary alicyclic amines) is 1. The predicted octanol–water partition coefficient (Wildman–Crippen LogP) is 2.02. The van der Waals surface area contributed by atoms with Crippen LogP contribution in [0.4, 0.5) is 0 Å². The molecule has 1 saturated heterocycles. The van der Waals surface area contributed by atoms with Crippen molar-refractivity contribution in [1.29, 1.82) is 0 Å². The van der Waals surface area contributed by atoms with Crippen molar-refractivity contribution in [2.45, 2.75) is 32.3 Å². The van der Waals surface area contributed by atoms with Crippen molar-refractivity contribution in [3.8, 4) is 0 Å². The molecule has 2 rings (SSSR count).